The second-order valence-electron chi connectivity index (χ2n) is 4.64. The van der Waals surface area contributed by atoms with Gasteiger partial charge in [-0.1, -0.05) is 0 Å². The lowest BCUT2D eigenvalue weighted by Crippen LogP contribution is -1.95. The van der Waals surface area contributed by atoms with Gasteiger partial charge in [-0.3, -0.25) is 9.78 Å². The second kappa shape index (κ2) is 4.81. The zero-order valence-electron chi connectivity index (χ0n) is 11.3. The summed E-state index contributed by atoms with van der Waals surface area (Å²) < 4.78 is 5.42. The summed E-state index contributed by atoms with van der Waals surface area (Å²) in [5.74, 6) is 0.684. The highest BCUT2D eigenvalue weighted by Crippen LogP contribution is 2.33. The number of H-pyrrole nitrogens is 1. The molecular weight excluding hydrogens is 252 g/mol. The fourth-order valence-corrected chi connectivity index (χ4v) is 2.45. The van der Waals surface area contributed by atoms with E-state index in [4.69, 9.17) is 4.42 Å². The third-order valence-corrected chi connectivity index (χ3v) is 3.34. The molecule has 3 aromatic heterocycles. The summed E-state index contributed by atoms with van der Waals surface area (Å²) in [5.41, 5.74) is 4.25. The summed E-state index contributed by atoms with van der Waals surface area (Å²) in [5, 5.41) is 0. The molecule has 4 nitrogen and oxygen atoms in total. The maximum absolute atomic E-state index is 12.0. The van der Waals surface area contributed by atoms with E-state index in [1.165, 1.54) is 0 Å². The Morgan fingerprint density at radius 1 is 1.20 bits per heavy atom. The number of hydrogen-bond acceptors (Lipinski definition) is 3. The van der Waals surface area contributed by atoms with Crippen LogP contribution in [0.15, 0.2) is 47.3 Å². The first kappa shape index (κ1) is 12.4. The van der Waals surface area contributed by atoms with Crippen LogP contribution >= 0.6 is 0 Å². The summed E-state index contributed by atoms with van der Waals surface area (Å²) in [6.07, 6.45) is 5.06. The normalized spacial score (nSPS) is 10.7. The highest BCUT2D eigenvalue weighted by Gasteiger charge is 2.21. The largest absolute Gasteiger partial charge is 0.463 e. The molecule has 100 valence electrons. The van der Waals surface area contributed by atoms with Crippen molar-refractivity contribution in [3.63, 3.8) is 0 Å². The summed E-state index contributed by atoms with van der Waals surface area (Å²) in [7, 11) is 0. The molecule has 4 heteroatoms. The predicted molar refractivity (Wildman–Crippen MR) is 76.5 cm³/mol. The Balaban J connectivity index is 2.24. The first-order valence-corrected chi connectivity index (χ1v) is 6.36. The fourth-order valence-electron chi connectivity index (χ4n) is 2.45. The molecule has 0 aliphatic heterocycles. The van der Waals surface area contributed by atoms with E-state index in [9.17, 15) is 4.79 Å². The van der Waals surface area contributed by atoms with E-state index in [-0.39, 0.29) is 5.78 Å². The van der Waals surface area contributed by atoms with Gasteiger partial charge in [-0.05, 0) is 43.7 Å². The lowest BCUT2D eigenvalue weighted by atomic mass is 10.0. The minimum absolute atomic E-state index is 0.0189. The van der Waals surface area contributed by atoms with Gasteiger partial charge in [0.05, 0.1) is 12.0 Å². The van der Waals surface area contributed by atoms with Crippen LogP contribution in [0.3, 0.4) is 0 Å². The van der Waals surface area contributed by atoms with Gasteiger partial charge >= 0.3 is 0 Å². The van der Waals surface area contributed by atoms with Gasteiger partial charge in [-0.25, -0.2) is 0 Å². The predicted octanol–water partition coefficient (Wildman–Crippen LogP) is 3.85. The molecule has 0 aromatic carbocycles. The van der Waals surface area contributed by atoms with Gasteiger partial charge in [0, 0.05) is 29.2 Å². The van der Waals surface area contributed by atoms with E-state index in [1.54, 1.807) is 25.6 Å². The van der Waals surface area contributed by atoms with Crippen LogP contribution in [0, 0.1) is 6.92 Å². The Kier molecular flexibility index (Phi) is 2.99. The molecule has 0 bridgehead atoms. The summed E-state index contributed by atoms with van der Waals surface area (Å²) in [6, 6.07) is 7.47. The number of aromatic nitrogens is 2. The Labute approximate surface area is 116 Å². The molecule has 0 aliphatic carbocycles. The molecule has 1 N–H and O–H groups in total. The number of hydrogen-bond donors (Lipinski definition) is 1. The van der Waals surface area contributed by atoms with Crippen molar-refractivity contribution < 1.29 is 9.21 Å². The molecule has 0 saturated heterocycles. The average molecular weight is 266 g/mol. The molecule has 0 saturated carbocycles. The molecule has 0 radical (unpaired) electrons. The molecule has 0 unspecified atom stereocenters. The first-order valence-electron chi connectivity index (χ1n) is 6.36. The number of rotatable bonds is 3. The third-order valence-electron chi connectivity index (χ3n) is 3.34. The average Bonchev–Trinajstić information content (AvgIpc) is 3.06. The van der Waals surface area contributed by atoms with Crippen LogP contribution in [-0.2, 0) is 0 Å². The van der Waals surface area contributed by atoms with Crippen molar-refractivity contribution in [1.29, 1.82) is 0 Å². The highest BCUT2D eigenvalue weighted by molar-refractivity contribution is 6.03. The smallest absolute Gasteiger partial charge is 0.162 e. The number of ketones is 1. The van der Waals surface area contributed by atoms with Gasteiger partial charge in [-0.15, -0.1) is 0 Å². The Hall–Kier alpha value is -2.62. The number of carbonyl (C=O) groups excluding carboxylic acids is 1. The van der Waals surface area contributed by atoms with Gasteiger partial charge in [-0.2, -0.15) is 0 Å². The molecule has 0 aliphatic rings. The summed E-state index contributed by atoms with van der Waals surface area (Å²) in [4.78, 5) is 19.3. The van der Waals surface area contributed by atoms with Gasteiger partial charge in [0.25, 0.3) is 0 Å². The van der Waals surface area contributed by atoms with Crippen LogP contribution in [0.1, 0.15) is 22.8 Å². The highest BCUT2D eigenvalue weighted by atomic mass is 16.3. The van der Waals surface area contributed by atoms with E-state index in [2.05, 4.69) is 9.97 Å². The van der Waals surface area contributed by atoms with E-state index in [1.807, 2.05) is 31.2 Å². The number of nitrogens with one attached hydrogen (secondary N) is 1. The quantitative estimate of drug-likeness (QED) is 0.732. The summed E-state index contributed by atoms with van der Waals surface area (Å²) >= 11 is 0. The number of aromatic amines is 1. The van der Waals surface area contributed by atoms with E-state index in [0.717, 1.165) is 22.5 Å². The van der Waals surface area contributed by atoms with E-state index in [0.29, 0.717) is 11.3 Å². The maximum atomic E-state index is 12.0. The first-order chi connectivity index (χ1) is 9.68. The van der Waals surface area contributed by atoms with Crippen molar-refractivity contribution in [3.05, 3.63) is 54.0 Å². The molecule has 3 heterocycles. The van der Waals surface area contributed by atoms with Gasteiger partial charge in [0.15, 0.2) is 11.5 Å². The van der Waals surface area contributed by atoms with E-state index < -0.39 is 0 Å². The maximum Gasteiger partial charge on any atom is 0.162 e. The molecule has 20 heavy (non-hydrogen) atoms. The zero-order chi connectivity index (χ0) is 14.1. The minimum Gasteiger partial charge on any atom is -0.463 e. The molecule has 3 rings (SSSR count). The lowest BCUT2D eigenvalue weighted by molar-refractivity contribution is 0.101. The topological polar surface area (TPSA) is 58.9 Å². The number of furan rings is 1. The fraction of sp³-hybridized carbons (Fsp3) is 0.125. The standard InChI is InChI=1S/C16H14N2O2/c1-10-14(11(2)19)16(13-4-3-9-20-13)18-15(10)12-5-7-17-8-6-12/h3-9,18H,1-2H3. The van der Waals surface area contributed by atoms with Crippen LogP contribution in [0.5, 0.6) is 0 Å². The van der Waals surface area contributed by atoms with Crippen LogP contribution in [-0.4, -0.2) is 15.8 Å². The Morgan fingerprint density at radius 2 is 1.95 bits per heavy atom. The molecule has 0 atom stereocenters. The number of nitrogens with zero attached hydrogens (tertiary/aromatic N) is 1. The third kappa shape index (κ3) is 1.95. The van der Waals surface area contributed by atoms with Gasteiger partial charge in [0.2, 0.25) is 0 Å². The Bertz CT molecular complexity index is 740. The van der Waals surface area contributed by atoms with Gasteiger partial charge < -0.3 is 9.40 Å². The monoisotopic (exact) mass is 266 g/mol. The van der Waals surface area contributed by atoms with Crippen molar-refractivity contribution in [1.82, 2.24) is 9.97 Å². The van der Waals surface area contributed by atoms with E-state index >= 15 is 0 Å². The Morgan fingerprint density at radius 3 is 2.55 bits per heavy atom. The lowest BCUT2D eigenvalue weighted by Gasteiger charge is -1.99. The summed E-state index contributed by atoms with van der Waals surface area (Å²) in [6.45, 7) is 3.51. The number of Topliss-reactive ketones (excluding diaryl/α,β-unsaturated/α-hetero) is 1. The van der Waals surface area contributed by atoms with Gasteiger partial charge in [0.1, 0.15) is 0 Å². The van der Waals surface area contributed by atoms with Crippen LogP contribution in [0.4, 0.5) is 0 Å². The van der Waals surface area contributed by atoms with Crippen molar-refractivity contribution in [2.24, 2.45) is 0 Å². The van der Waals surface area contributed by atoms with Crippen molar-refractivity contribution in [3.8, 4) is 22.7 Å². The SMILES string of the molecule is CC(=O)c1c(-c2ccco2)[nH]c(-c2ccncc2)c1C. The van der Waals surface area contributed by atoms with Crippen LogP contribution < -0.4 is 0 Å². The van der Waals surface area contributed by atoms with Crippen molar-refractivity contribution in [2.45, 2.75) is 13.8 Å². The molecule has 3 aromatic rings. The van der Waals surface area contributed by atoms with Crippen LogP contribution in [0.2, 0.25) is 0 Å². The van der Waals surface area contributed by atoms with Crippen molar-refractivity contribution in [2.75, 3.05) is 0 Å². The number of carbonyl (C=O) groups is 1. The molecular formula is C16H14N2O2. The van der Waals surface area contributed by atoms with Crippen molar-refractivity contribution >= 4 is 5.78 Å². The number of pyridine rings is 1. The molecule has 0 fully saturated rings. The molecule has 0 amide bonds. The molecule has 0 spiro atoms. The van der Waals surface area contributed by atoms with Crippen LogP contribution in [0.25, 0.3) is 22.7 Å². The zero-order valence-corrected chi connectivity index (χ0v) is 11.3. The minimum atomic E-state index is 0.0189. The second-order valence-corrected chi connectivity index (χ2v) is 4.64.